The first-order valence-electron chi connectivity index (χ1n) is 4.66. The maximum Gasteiger partial charge on any atom is 0.343 e. The molecule has 0 atom stereocenters. The van der Waals surface area contributed by atoms with Crippen LogP contribution < -0.4 is 0 Å². The molecular formula is C11H13BrO4. The van der Waals surface area contributed by atoms with Gasteiger partial charge in [-0.1, -0.05) is 0 Å². The molecule has 1 aromatic carbocycles. The van der Waals surface area contributed by atoms with E-state index in [4.69, 9.17) is 4.74 Å². The first-order valence-corrected chi connectivity index (χ1v) is 5.45. The van der Waals surface area contributed by atoms with Gasteiger partial charge in [-0.05, 0) is 48.8 Å². The van der Waals surface area contributed by atoms with E-state index in [0.29, 0.717) is 4.47 Å². The van der Waals surface area contributed by atoms with Crippen LogP contribution in [0.3, 0.4) is 0 Å². The molecule has 5 heteroatoms. The smallest absolute Gasteiger partial charge is 0.343 e. The van der Waals surface area contributed by atoms with Crippen LogP contribution in [-0.2, 0) is 4.74 Å². The molecule has 16 heavy (non-hydrogen) atoms. The largest absolute Gasteiger partial charge is 0.504 e. The lowest BCUT2D eigenvalue weighted by Crippen LogP contribution is -2.24. The second-order valence-electron chi connectivity index (χ2n) is 4.29. The molecule has 1 aromatic rings. The lowest BCUT2D eigenvalue weighted by atomic mass is 10.1. The number of hydrogen-bond donors (Lipinski definition) is 2. The third-order valence-electron chi connectivity index (χ3n) is 1.71. The zero-order valence-electron chi connectivity index (χ0n) is 9.24. The second-order valence-corrected chi connectivity index (χ2v) is 5.15. The third kappa shape index (κ3) is 2.88. The summed E-state index contributed by atoms with van der Waals surface area (Å²) >= 11 is 3.12. The van der Waals surface area contributed by atoms with Crippen LogP contribution in [0.15, 0.2) is 16.6 Å². The lowest BCUT2D eigenvalue weighted by Gasteiger charge is -2.20. The van der Waals surface area contributed by atoms with Crippen LogP contribution in [0.5, 0.6) is 11.5 Å². The first kappa shape index (κ1) is 12.8. The molecule has 0 saturated heterocycles. The average Bonchev–Trinajstić information content (AvgIpc) is 2.09. The summed E-state index contributed by atoms with van der Waals surface area (Å²) < 4.78 is 5.47. The van der Waals surface area contributed by atoms with Crippen LogP contribution in [0.25, 0.3) is 0 Å². The number of hydrogen-bond acceptors (Lipinski definition) is 4. The number of carbonyl (C=O) groups excluding carboxylic acids is 1. The molecule has 1 rings (SSSR count). The fraction of sp³-hybridized carbons (Fsp3) is 0.364. The molecule has 0 aromatic heterocycles. The van der Waals surface area contributed by atoms with Gasteiger partial charge < -0.3 is 14.9 Å². The molecule has 2 N–H and O–H groups in total. The minimum absolute atomic E-state index is 0.0741. The Hall–Kier alpha value is -1.23. The number of benzene rings is 1. The first-order chi connectivity index (χ1) is 7.22. The van der Waals surface area contributed by atoms with Gasteiger partial charge in [0.15, 0.2) is 11.5 Å². The van der Waals surface area contributed by atoms with Crippen LogP contribution in [0, 0.1) is 0 Å². The number of carbonyl (C=O) groups is 1. The summed E-state index contributed by atoms with van der Waals surface area (Å²) in [5, 5.41) is 18.9. The van der Waals surface area contributed by atoms with Crippen molar-refractivity contribution in [3.8, 4) is 11.5 Å². The van der Waals surface area contributed by atoms with Crippen molar-refractivity contribution in [2.75, 3.05) is 0 Å². The van der Waals surface area contributed by atoms with Gasteiger partial charge in [-0.25, -0.2) is 4.79 Å². The number of phenolic OH excluding ortho intramolecular Hbond substituents is 2. The molecule has 0 saturated carbocycles. The third-order valence-corrected chi connectivity index (χ3v) is 2.37. The van der Waals surface area contributed by atoms with Crippen LogP contribution in [0.2, 0.25) is 0 Å². The quantitative estimate of drug-likeness (QED) is 0.616. The minimum Gasteiger partial charge on any atom is -0.504 e. The molecule has 0 aliphatic carbocycles. The maximum atomic E-state index is 11.7. The van der Waals surface area contributed by atoms with Gasteiger partial charge in [0.1, 0.15) is 11.2 Å². The van der Waals surface area contributed by atoms with E-state index in [2.05, 4.69) is 15.9 Å². The number of aromatic hydroxyl groups is 2. The number of rotatable bonds is 1. The van der Waals surface area contributed by atoms with E-state index >= 15 is 0 Å². The molecule has 4 nitrogen and oxygen atoms in total. The highest BCUT2D eigenvalue weighted by molar-refractivity contribution is 9.10. The molecule has 0 aliphatic heterocycles. The van der Waals surface area contributed by atoms with Crippen molar-refractivity contribution in [3.63, 3.8) is 0 Å². The Morgan fingerprint density at radius 1 is 1.31 bits per heavy atom. The van der Waals surface area contributed by atoms with E-state index in [1.54, 1.807) is 20.8 Å². The summed E-state index contributed by atoms with van der Waals surface area (Å²) in [5.74, 6) is -1.53. The van der Waals surface area contributed by atoms with Crippen molar-refractivity contribution in [1.82, 2.24) is 0 Å². The fourth-order valence-corrected chi connectivity index (χ4v) is 1.56. The molecular weight excluding hydrogens is 276 g/mol. The van der Waals surface area contributed by atoms with E-state index in [0.717, 1.165) is 0 Å². The Morgan fingerprint density at radius 3 is 2.38 bits per heavy atom. The summed E-state index contributed by atoms with van der Waals surface area (Å²) in [5.41, 5.74) is -0.732. The lowest BCUT2D eigenvalue weighted by molar-refractivity contribution is 0.00651. The highest BCUT2D eigenvalue weighted by Crippen LogP contribution is 2.35. The van der Waals surface area contributed by atoms with Crippen LogP contribution in [-0.4, -0.2) is 21.8 Å². The zero-order valence-corrected chi connectivity index (χ0v) is 10.8. The Kier molecular flexibility index (Phi) is 3.48. The average molecular weight is 289 g/mol. The SMILES string of the molecule is CC(C)(C)OC(=O)c1c(Br)ccc(O)c1O. The summed E-state index contributed by atoms with van der Waals surface area (Å²) in [7, 11) is 0. The highest BCUT2D eigenvalue weighted by Gasteiger charge is 2.24. The molecule has 0 bridgehead atoms. The van der Waals surface area contributed by atoms with Crippen LogP contribution in [0.4, 0.5) is 0 Å². The molecule has 0 fully saturated rings. The van der Waals surface area contributed by atoms with E-state index in [-0.39, 0.29) is 11.3 Å². The normalized spacial score (nSPS) is 11.2. The van der Waals surface area contributed by atoms with Gasteiger partial charge in [0, 0.05) is 4.47 Å². The molecule has 0 heterocycles. The van der Waals surface area contributed by atoms with Crippen molar-refractivity contribution in [2.24, 2.45) is 0 Å². The zero-order chi connectivity index (χ0) is 12.5. The molecule has 0 aliphatic rings. The monoisotopic (exact) mass is 288 g/mol. The fourth-order valence-electron chi connectivity index (χ4n) is 1.08. The standard InChI is InChI=1S/C11H13BrO4/c1-11(2,3)16-10(15)8-6(12)4-5-7(13)9(8)14/h4-5,13-14H,1-3H3. The number of phenols is 2. The second kappa shape index (κ2) is 4.33. The van der Waals surface area contributed by atoms with E-state index < -0.39 is 17.3 Å². The van der Waals surface area contributed by atoms with Gasteiger partial charge in [-0.3, -0.25) is 0 Å². The number of halogens is 1. The van der Waals surface area contributed by atoms with Crippen molar-refractivity contribution in [2.45, 2.75) is 26.4 Å². The molecule has 0 radical (unpaired) electrons. The highest BCUT2D eigenvalue weighted by atomic mass is 79.9. The summed E-state index contributed by atoms with van der Waals surface area (Å²) in [4.78, 5) is 11.7. The Morgan fingerprint density at radius 2 is 1.88 bits per heavy atom. The number of esters is 1. The maximum absolute atomic E-state index is 11.7. The molecule has 88 valence electrons. The van der Waals surface area contributed by atoms with Gasteiger partial charge in [0.05, 0.1) is 0 Å². The molecule has 0 unspecified atom stereocenters. The Bertz CT molecular complexity index is 421. The summed E-state index contributed by atoms with van der Waals surface area (Å²) in [6, 6.07) is 2.75. The van der Waals surface area contributed by atoms with E-state index in [1.165, 1.54) is 12.1 Å². The van der Waals surface area contributed by atoms with Gasteiger partial charge >= 0.3 is 5.97 Å². The minimum atomic E-state index is -0.687. The Balaban J connectivity index is 3.14. The van der Waals surface area contributed by atoms with Crippen molar-refractivity contribution in [1.29, 1.82) is 0 Å². The van der Waals surface area contributed by atoms with Crippen molar-refractivity contribution in [3.05, 3.63) is 22.2 Å². The summed E-state index contributed by atoms with van der Waals surface area (Å²) in [6.45, 7) is 5.16. The van der Waals surface area contributed by atoms with Crippen molar-refractivity contribution < 1.29 is 19.7 Å². The molecule has 0 amide bonds. The van der Waals surface area contributed by atoms with Gasteiger partial charge in [0.25, 0.3) is 0 Å². The van der Waals surface area contributed by atoms with E-state index in [1.807, 2.05) is 0 Å². The van der Waals surface area contributed by atoms with E-state index in [9.17, 15) is 15.0 Å². The summed E-state index contributed by atoms with van der Waals surface area (Å²) in [6.07, 6.45) is 0. The van der Waals surface area contributed by atoms with Gasteiger partial charge in [0.2, 0.25) is 0 Å². The number of ether oxygens (including phenoxy) is 1. The Labute approximate surface area is 102 Å². The predicted octanol–water partition coefficient (Wildman–Crippen LogP) is 2.82. The van der Waals surface area contributed by atoms with Crippen molar-refractivity contribution >= 4 is 21.9 Å². The van der Waals surface area contributed by atoms with Gasteiger partial charge in [-0.15, -0.1) is 0 Å². The predicted molar refractivity (Wildman–Crippen MR) is 62.6 cm³/mol. The molecule has 0 spiro atoms. The topological polar surface area (TPSA) is 66.8 Å². The van der Waals surface area contributed by atoms with Crippen LogP contribution >= 0.6 is 15.9 Å². The van der Waals surface area contributed by atoms with Gasteiger partial charge in [-0.2, -0.15) is 0 Å². The van der Waals surface area contributed by atoms with Crippen LogP contribution in [0.1, 0.15) is 31.1 Å².